The predicted octanol–water partition coefficient (Wildman–Crippen LogP) is 2.45. The summed E-state index contributed by atoms with van der Waals surface area (Å²) in [6.45, 7) is 0. The second kappa shape index (κ2) is 7.00. The van der Waals surface area contributed by atoms with Crippen LogP contribution in [-0.4, -0.2) is 37.2 Å². The van der Waals surface area contributed by atoms with Crippen LogP contribution < -0.4 is 14.8 Å². The van der Waals surface area contributed by atoms with Crippen molar-refractivity contribution in [2.75, 3.05) is 14.2 Å². The van der Waals surface area contributed by atoms with Gasteiger partial charge in [-0.05, 0) is 40.9 Å². The highest BCUT2D eigenvalue weighted by Crippen LogP contribution is 2.36. The number of ether oxygens (including phenoxy) is 2. The van der Waals surface area contributed by atoms with Crippen molar-refractivity contribution >= 4 is 27.8 Å². The minimum atomic E-state index is -0.865. The largest absolute Gasteiger partial charge is 0.493 e. The number of benzene rings is 1. The molecular weight excluding hydrogens is 354 g/mol. The van der Waals surface area contributed by atoms with Gasteiger partial charge < -0.3 is 19.9 Å². The summed E-state index contributed by atoms with van der Waals surface area (Å²) >= 11 is 3.34. The van der Waals surface area contributed by atoms with Crippen LogP contribution in [0.5, 0.6) is 11.5 Å². The molecule has 1 amide bonds. The lowest BCUT2D eigenvalue weighted by atomic mass is 10.0. The number of carboxylic acids is 1. The number of rotatable bonds is 5. The van der Waals surface area contributed by atoms with E-state index >= 15 is 0 Å². The van der Waals surface area contributed by atoms with Crippen molar-refractivity contribution in [1.29, 1.82) is 0 Å². The van der Waals surface area contributed by atoms with Gasteiger partial charge in [0, 0.05) is 11.6 Å². The number of hydrogen-bond donors (Lipinski definition) is 2. The Morgan fingerprint density at radius 3 is 2.59 bits per heavy atom. The lowest BCUT2D eigenvalue weighted by Gasteiger charge is -2.18. The molecule has 120 valence electrons. The smallest absolute Gasteiger partial charge is 0.308 e. The first kappa shape index (κ1) is 16.6. The molecule has 2 N–H and O–H groups in total. The molecule has 0 spiro atoms. The average Bonchev–Trinajstić information content (AvgIpc) is 2.94. The summed E-state index contributed by atoms with van der Waals surface area (Å²) in [5.74, 6) is -0.768. The lowest BCUT2D eigenvalue weighted by molar-refractivity contribution is -0.142. The highest BCUT2D eigenvalue weighted by atomic mass is 79.9. The molecule has 1 aromatic rings. The van der Waals surface area contributed by atoms with Crippen molar-refractivity contribution in [3.63, 3.8) is 0 Å². The Labute approximate surface area is 136 Å². The second-order valence-electron chi connectivity index (χ2n) is 5.15. The van der Waals surface area contributed by atoms with Gasteiger partial charge in [-0.1, -0.05) is 6.42 Å². The van der Waals surface area contributed by atoms with Crippen molar-refractivity contribution in [1.82, 2.24) is 5.32 Å². The molecule has 0 radical (unpaired) electrons. The molecule has 1 aliphatic rings. The summed E-state index contributed by atoms with van der Waals surface area (Å²) < 4.78 is 11.0. The third-order valence-corrected chi connectivity index (χ3v) is 4.43. The van der Waals surface area contributed by atoms with Crippen LogP contribution in [0.1, 0.15) is 29.6 Å². The molecule has 2 atom stereocenters. The predicted molar refractivity (Wildman–Crippen MR) is 83.5 cm³/mol. The Morgan fingerprint density at radius 2 is 2.00 bits per heavy atom. The highest BCUT2D eigenvalue weighted by molar-refractivity contribution is 9.10. The van der Waals surface area contributed by atoms with Gasteiger partial charge in [0.15, 0.2) is 11.5 Å². The fraction of sp³-hybridized carbons (Fsp3) is 0.467. The number of amides is 1. The second-order valence-corrected chi connectivity index (χ2v) is 6.00. The van der Waals surface area contributed by atoms with Gasteiger partial charge in [0.05, 0.1) is 24.6 Å². The molecule has 2 rings (SSSR count). The van der Waals surface area contributed by atoms with Crippen LogP contribution in [0, 0.1) is 5.92 Å². The third kappa shape index (κ3) is 3.35. The third-order valence-electron chi connectivity index (χ3n) is 3.85. The monoisotopic (exact) mass is 371 g/mol. The number of nitrogens with one attached hydrogen (secondary N) is 1. The molecule has 22 heavy (non-hydrogen) atoms. The standard InChI is InChI=1S/C15H18BrNO5/c1-21-12-7-8(6-10(16)13(12)22-2)14(18)17-11-5-3-4-9(11)15(19)20/h6-7,9,11H,3-5H2,1-2H3,(H,17,18)(H,19,20)/t9-,11+/m0/s1. The maximum absolute atomic E-state index is 12.4. The van der Waals surface area contributed by atoms with E-state index in [2.05, 4.69) is 21.2 Å². The molecule has 1 fully saturated rings. The van der Waals surface area contributed by atoms with E-state index in [-0.39, 0.29) is 11.9 Å². The van der Waals surface area contributed by atoms with E-state index in [0.717, 1.165) is 6.42 Å². The molecular formula is C15H18BrNO5. The van der Waals surface area contributed by atoms with Crippen LogP contribution in [0.2, 0.25) is 0 Å². The molecule has 1 saturated carbocycles. The molecule has 0 aliphatic heterocycles. The van der Waals surface area contributed by atoms with Crippen molar-refractivity contribution in [3.05, 3.63) is 22.2 Å². The summed E-state index contributed by atoms with van der Waals surface area (Å²) in [6, 6.07) is 2.86. The Kier molecular flexibility index (Phi) is 5.28. The van der Waals surface area contributed by atoms with Crippen LogP contribution in [0.25, 0.3) is 0 Å². The maximum Gasteiger partial charge on any atom is 0.308 e. The Morgan fingerprint density at radius 1 is 1.27 bits per heavy atom. The maximum atomic E-state index is 12.4. The Bertz CT molecular complexity index is 590. The van der Waals surface area contributed by atoms with Gasteiger partial charge in [-0.3, -0.25) is 9.59 Å². The molecule has 1 aromatic carbocycles. The van der Waals surface area contributed by atoms with E-state index < -0.39 is 11.9 Å². The summed E-state index contributed by atoms with van der Waals surface area (Å²) in [4.78, 5) is 23.5. The van der Waals surface area contributed by atoms with E-state index in [1.807, 2.05) is 0 Å². The van der Waals surface area contributed by atoms with Gasteiger partial charge in [-0.25, -0.2) is 0 Å². The number of hydrogen-bond acceptors (Lipinski definition) is 4. The molecule has 0 saturated heterocycles. The van der Waals surface area contributed by atoms with Crippen molar-refractivity contribution in [2.45, 2.75) is 25.3 Å². The average molecular weight is 372 g/mol. The molecule has 0 aromatic heterocycles. The number of carbonyl (C=O) groups is 2. The van der Waals surface area contributed by atoms with Crippen LogP contribution in [-0.2, 0) is 4.79 Å². The van der Waals surface area contributed by atoms with Gasteiger partial charge >= 0.3 is 5.97 Å². The van der Waals surface area contributed by atoms with E-state index in [9.17, 15) is 9.59 Å². The van der Waals surface area contributed by atoms with E-state index in [0.29, 0.717) is 34.4 Å². The van der Waals surface area contributed by atoms with Crippen LogP contribution in [0.4, 0.5) is 0 Å². The highest BCUT2D eigenvalue weighted by Gasteiger charge is 2.34. The fourth-order valence-electron chi connectivity index (χ4n) is 2.73. The van der Waals surface area contributed by atoms with E-state index in [1.165, 1.54) is 14.2 Å². The lowest BCUT2D eigenvalue weighted by Crippen LogP contribution is -2.40. The number of carbonyl (C=O) groups excluding carboxylic acids is 1. The van der Waals surface area contributed by atoms with Gasteiger partial charge in [0.2, 0.25) is 0 Å². The minimum absolute atomic E-state index is 0.320. The van der Waals surface area contributed by atoms with Crippen LogP contribution >= 0.6 is 15.9 Å². The first-order chi connectivity index (χ1) is 10.5. The van der Waals surface area contributed by atoms with Crippen LogP contribution in [0.3, 0.4) is 0 Å². The SMILES string of the molecule is COc1cc(C(=O)N[C@@H]2CCC[C@@H]2C(=O)O)cc(Br)c1OC. The first-order valence-corrected chi connectivity index (χ1v) is 7.72. The zero-order chi connectivity index (χ0) is 16.3. The van der Waals surface area contributed by atoms with E-state index in [4.69, 9.17) is 14.6 Å². The number of aliphatic carboxylic acids is 1. The zero-order valence-corrected chi connectivity index (χ0v) is 14.0. The van der Waals surface area contributed by atoms with Gasteiger partial charge in [-0.2, -0.15) is 0 Å². The summed E-state index contributed by atoms with van der Waals surface area (Å²) in [5, 5.41) is 12.0. The summed E-state index contributed by atoms with van der Waals surface area (Å²) in [7, 11) is 3.00. The number of methoxy groups -OCH3 is 2. The molecule has 6 nitrogen and oxygen atoms in total. The van der Waals surface area contributed by atoms with Crippen LogP contribution in [0.15, 0.2) is 16.6 Å². The van der Waals surface area contributed by atoms with Gasteiger partial charge in [0.1, 0.15) is 0 Å². The molecule has 0 bridgehead atoms. The minimum Gasteiger partial charge on any atom is -0.493 e. The zero-order valence-electron chi connectivity index (χ0n) is 12.4. The van der Waals surface area contributed by atoms with Gasteiger partial charge in [-0.15, -0.1) is 0 Å². The summed E-state index contributed by atoms with van der Waals surface area (Å²) in [6.07, 6.45) is 2.07. The summed E-state index contributed by atoms with van der Waals surface area (Å²) in [5.41, 5.74) is 0.389. The molecule has 0 heterocycles. The Balaban J connectivity index is 2.19. The van der Waals surface area contributed by atoms with Crippen molar-refractivity contribution in [3.8, 4) is 11.5 Å². The molecule has 0 unspecified atom stereocenters. The molecule has 1 aliphatic carbocycles. The first-order valence-electron chi connectivity index (χ1n) is 6.93. The van der Waals surface area contributed by atoms with E-state index in [1.54, 1.807) is 12.1 Å². The quantitative estimate of drug-likeness (QED) is 0.830. The van der Waals surface area contributed by atoms with Crippen molar-refractivity contribution in [2.24, 2.45) is 5.92 Å². The van der Waals surface area contributed by atoms with Crippen molar-refractivity contribution < 1.29 is 24.2 Å². The normalized spacial score (nSPS) is 20.5. The van der Waals surface area contributed by atoms with Gasteiger partial charge in [0.25, 0.3) is 5.91 Å². The number of carboxylic acid groups (broad SMARTS) is 1. The molecule has 7 heteroatoms. The topological polar surface area (TPSA) is 84.9 Å². The number of halogens is 1. The Hall–Kier alpha value is -1.76. The fourth-order valence-corrected chi connectivity index (χ4v) is 3.33.